The van der Waals surface area contributed by atoms with Crippen molar-refractivity contribution in [1.82, 2.24) is 4.72 Å². The summed E-state index contributed by atoms with van der Waals surface area (Å²) in [5, 5.41) is 11.7. The zero-order valence-electron chi connectivity index (χ0n) is 20.3. The summed E-state index contributed by atoms with van der Waals surface area (Å²) in [6, 6.07) is 18.3. The van der Waals surface area contributed by atoms with Crippen LogP contribution in [0.2, 0.25) is 0 Å². The topological polar surface area (TPSA) is 92.6 Å². The third-order valence-electron chi connectivity index (χ3n) is 6.41. The van der Waals surface area contributed by atoms with Gasteiger partial charge in [0.15, 0.2) is 11.5 Å². The lowest BCUT2D eigenvalue weighted by Gasteiger charge is -2.41. The summed E-state index contributed by atoms with van der Waals surface area (Å²) in [4.78, 5) is 2.15. The van der Waals surface area contributed by atoms with E-state index in [1.165, 1.54) is 19.2 Å². The molecule has 1 saturated heterocycles. The van der Waals surface area contributed by atoms with E-state index in [2.05, 4.69) is 13.8 Å². The Labute approximate surface area is 218 Å². The van der Waals surface area contributed by atoms with Crippen LogP contribution in [0.5, 0.6) is 17.2 Å². The molecule has 0 spiro atoms. The van der Waals surface area contributed by atoms with Gasteiger partial charge >= 0.3 is 6.36 Å². The van der Waals surface area contributed by atoms with Crippen molar-refractivity contribution >= 4 is 21.3 Å². The van der Waals surface area contributed by atoms with E-state index in [0.717, 1.165) is 23.5 Å². The molecule has 3 aromatic rings. The average Bonchev–Trinajstić information content (AvgIpc) is 3.07. The maximum absolute atomic E-state index is 13.8. The number of aliphatic hydroxyl groups is 1. The summed E-state index contributed by atoms with van der Waals surface area (Å²) in [6.45, 7) is 0.391. The first-order valence-electron chi connectivity index (χ1n) is 11.9. The Bertz CT molecular complexity index is 1360. The van der Waals surface area contributed by atoms with Gasteiger partial charge in [-0.3, -0.25) is 0 Å². The predicted octanol–water partition coefficient (Wildman–Crippen LogP) is 5.01. The smallest absolute Gasteiger partial charge is 0.453 e. The van der Waals surface area contributed by atoms with Crippen LogP contribution in [0.3, 0.4) is 0 Å². The molecule has 4 atom stereocenters. The molecule has 0 radical (unpaired) electrons. The van der Waals surface area contributed by atoms with Gasteiger partial charge in [0.2, 0.25) is 0 Å². The van der Waals surface area contributed by atoms with E-state index in [1.807, 2.05) is 53.4 Å². The number of halogens is 3. The molecule has 38 heavy (non-hydrogen) atoms. The second kappa shape index (κ2) is 10.4. The molecule has 202 valence electrons. The number of fused-ring (bicyclic) bond motifs is 2. The van der Waals surface area contributed by atoms with Crippen molar-refractivity contribution in [2.24, 2.45) is 4.36 Å². The minimum Gasteiger partial charge on any atom is -0.453 e. The van der Waals surface area contributed by atoms with E-state index in [0.29, 0.717) is 24.5 Å². The maximum Gasteiger partial charge on any atom is 0.573 e. The van der Waals surface area contributed by atoms with Crippen molar-refractivity contribution in [3.63, 3.8) is 0 Å². The van der Waals surface area contributed by atoms with E-state index in [-0.39, 0.29) is 11.5 Å². The van der Waals surface area contributed by atoms with Crippen LogP contribution in [0.25, 0.3) is 0 Å². The molecule has 5 rings (SSSR count). The van der Waals surface area contributed by atoms with Crippen molar-refractivity contribution in [2.75, 3.05) is 25.2 Å². The highest BCUT2D eigenvalue weighted by molar-refractivity contribution is 7.91. The lowest BCUT2D eigenvalue weighted by atomic mass is 9.98. The number of hydrogen-bond donors (Lipinski definition) is 2. The van der Waals surface area contributed by atoms with Gasteiger partial charge in [-0.25, -0.2) is 13.3 Å². The fourth-order valence-corrected chi connectivity index (χ4v) is 6.26. The number of nitrogens with one attached hydrogen (secondary N) is 1. The Morgan fingerprint density at radius 2 is 1.63 bits per heavy atom. The van der Waals surface area contributed by atoms with Crippen molar-refractivity contribution < 1.29 is 36.7 Å². The Kier molecular flexibility index (Phi) is 7.23. The number of rotatable bonds is 5. The third kappa shape index (κ3) is 5.30. The van der Waals surface area contributed by atoms with E-state index in [1.54, 1.807) is 0 Å². The van der Waals surface area contributed by atoms with Crippen LogP contribution in [-0.4, -0.2) is 54.1 Å². The van der Waals surface area contributed by atoms with Crippen molar-refractivity contribution in [2.45, 2.75) is 35.9 Å². The second-order valence-electron chi connectivity index (χ2n) is 8.78. The van der Waals surface area contributed by atoms with Gasteiger partial charge < -0.3 is 24.2 Å². The summed E-state index contributed by atoms with van der Waals surface area (Å²) < 4.78 is 74.2. The number of alkyl halides is 3. The van der Waals surface area contributed by atoms with Gasteiger partial charge in [0, 0.05) is 13.7 Å². The zero-order chi connectivity index (χ0) is 26.9. The maximum atomic E-state index is 13.8. The second-order valence-corrected chi connectivity index (χ2v) is 10.9. The average molecular weight is 550 g/mol. The molecule has 2 heterocycles. The van der Waals surface area contributed by atoms with Gasteiger partial charge in [0.25, 0.3) is 0 Å². The van der Waals surface area contributed by atoms with Crippen molar-refractivity contribution in [3.05, 3.63) is 72.8 Å². The molecular weight excluding hydrogens is 523 g/mol. The largest absolute Gasteiger partial charge is 0.573 e. The Balaban J connectivity index is 1.45. The van der Waals surface area contributed by atoms with Crippen LogP contribution in [0.15, 0.2) is 82.1 Å². The minimum atomic E-state index is -4.84. The summed E-state index contributed by atoms with van der Waals surface area (Å²) in [5.74, 6) is 0.838. The molecule has 8 nitrogen and oxygen atoms in total. The molecule has 2 aliphatic heterocycles. The Morgan fingerprint density at radius 3 is 2.21 bits per heavy atom. The number of hydrogen-bond acceptors (Lipinski definition) is 7. The minimum absolute atomic E-state index is 0.0487. The van der Waals surface area contributed by atoms with Crippen molar-refractivity contribution in [1.29, 1.82) is 0 Å². The molecule has 0 aromatic heterocycles. The molecule has 12 heteroatoms. The molecule has 0 amide bonds. The molecule has 1 unspecified atom stereocenters. The van der Waals surface area contributed by atoms with E-state index in [4.69, 9.17) is 9.47 Å². The molecule has 0 aliphatic carbocycles. The first-order chi connectivity index (χ1) is 18.2. The third-order valence-corrected chi connectivity index (χ3v) is 8.46. The standard InChI is InChI=1S/C26H26F3N3O5S/c1-30-38(34,18-12-10-17(11-13-18)37-26(27,28)29)31-19-16-35-15-14-22(25(19)33)32-20-6-2-4-8-23(20)36-24-9-5-3-7-21(24)32/h2-13,19,22,25,33H,14-16H2,1H3,(H,30,31,34)/t19-,22+,25+,38?/m0/s1. The number of ether oxygens (including phenoxy) is 3. The zero-order valence-corrected chi connectivity index (χ0v) is 21.1. The van der Waals surface area contributed by atoms with Crippen molar-refractivity contribution in [3.8, 4) is 17.2 Å². The number of nitrogens with zero attached hydrogens (tertiary/aromatic N) is 2. The highest BCUT2D eigenvalue weighted by atomic mass is 32.2. The van der Waals surface area contributed by atoms with Crippen LogP contribution in [-0.2, 0) is 14.7 Å². The SMILES string of the molecule is CN=S(=O)(N[C@H]1COCC[C@@H](N2c3ccccc3Oc3ccccc32)[C@@H]1O)c1ccc(OC(F)(F)F)cc1. The van der Waals surface area contributed by atoms with Crippen LogP contribution >= 0.6 is 0 Å². The van der Waals surface area contributed by atoms with Crippen LogP contribution < -0.4 is 19.1 Å². The summed E-state index contributed by atoms with van der Waals surface area (Å²) in [6.07, 6.45) is -5.44. The van der Waals surface area contributed by atoms with E-state index in [9.17, 15) is 22.5 Å². The lowest BCUT2D eigenvalue weighted by molar-refractivity contribution is -0.274. The normalized spacial score (nSPS) is 22.8. The Morgan fingerprint density at radius 1 is 1.03 bits per heavy atom. The molecule has 2 N–H and O–H groups in total. The summed E-state index contributed by atoms with van der Waals surface area (Å²) >= 11 is 0. The molecule has 0 bridgehead atoms. The number of benzene rings is 3. The van der Waals surface area contributed by atoms with E-state index >= 15 is 0 Å². The fraction of sp³-hybridized carbons (Fsp3) is 0.308. The van der Waals surface area contributed by atoms with Gasteiger partial charge in [0.1, 0.15) is 15.7 Å². The van der Waals surface area contributed by atoms with Gasteiger partial charge in [-0.1, -0.05) is 24.3 Å². The molecular formula is C26H26F3N3O5S. The molecule has 3 aromatic carbocycles. The van der Waals surface area contributed by atoms with Crippen LogP contribution in [0.4, 0.5) is 24.5 Å². The summed E-state index contributed by atoms with van der Waals surface area (Å²) in [5.41, 5.74) is 1.55. The monoisotopic (exact) mass is 549 g/mol. The fourth-order valence-electron chi connectivity index (χ4n) is 4.69. The highest BCUT2D eigenvalue weighted by Crippen LogP contribution is 2.48. The predicted molar refractivity (Wildman–Crippen MR) is 135 cm³/mol. The number of anilines is 2. The van der Waals surface area contributed by atoms with Crippen LogP contribution in [0.1, 0.15) is 6.42 Å². The number of aliphatic hydroxyl groups excluding tert-OH is 1. The van der Waals surface area contributed by atoms with Gasteiger partial charge in [-0.2, -0.15) is 0 Å². The Hall–Kier alpha value is -3.32. The highest BCUT2D eigenvalue weighted by Gasteiger charge is 2.40. The molecule has 0 saturated carbocycles. The van der Waals surface area contributed by atoms with Gasteiger partial charge in [-0.15, -0.1) is 13.2 Å². The van der Waals surface area contributed by atoms with Crippen LogP contribution in [0, 0.1) is 0 Å². The number of para-hydroxylation sites is 4. The van der Waals surface area contributed by atoms with Gasteiger partial charge in [-0.05, 0) is 55.0 Å². The lowest BCUT2D eigenvalue weighted by Crippen LogP contribution is -2.54. The molecule has 1 fully saturated rings. The van der Waals surface area contributed by atoms with E-state index < -0.39 is 40.2 Å². The summed E-state index contributed by atoms with van der Waals surface area (Å²) in [7, 11) is -2.00. The van der Waals surface area contributed by atoms with Gasteiger partial charge in [0.05, 0.1) is 41.1 Å². The molecule has 2 aliphatic rings. The first-order valence-corrected chi connectivity index (χ1v) is 13.4. The first kappa shape index (κ1) is 26.3. The quantitative estimate of drug-likeness (QED) is 0.465.